The number of anilines is 1. The SMILES string of the molecule is COC(=O)Cn1cc(NC(=O)C2CCCCO2)cn1. The van der Waals surface area contributed by atoms with Gasteiger partial charge >= 0.3 is 5.97 Å². The minimum absolute atomic E-state index is 0.0201. The van der Waals surface area contributed by atoms with Crippen molar-refractivity contribution in [1.29, 1.82) is 0 Å². The first-order valence-corrected chi connectivity index (χ1v) is 6.21. The molecular formula is C12H17N3O4. The Labute approximate surface area is 110 Å². The van der Waals surface area contributed by atoms with Crippen LogP contribution in [0.1, 0.15) is 19.3 Å². The summed E-state index contributed by atoms with van der Waals surface area (Å²) in [6.45, 7) is 0.645. The van der Waals surface area contributed by atoms with Crippen molar-refractivity contribution in [1.82, 2.24) is 9.78 Å². The molecule has 19 heavy (non-hydrogen) atoms. The summed E-state index contributed by atoms with van der Waals surface area (Å²) in [6, 6.07) is 0. The molecule has 1 aromatic heterocycles. The van der Waals surface area contributed by atoms with E-state index in [0.29, 0.717) is 12.3 Å². The lowest BCUT2D eigenvalue weighted by atomic mass is 10.1. The lowest BCUT2D eigenvalue weighted by Gasteiger charge is -2.21. The lowest BCUT2D eigenvalue weighted by Crippen LogP contribution is -2.33. The molecule has 7 heteroatoms. The van der Waals surface area contributed by atoms with Crippen molar-refractivity contribution in [3.8, 4) is 0 Å². The second kappa shape index (κ2) is 6.33. The van der Waals surface area contributed by atoms with Crippen LogP contribution in [0.5, 0.6) is 0 Å². The first kappa shape index (κ1) is 13.5. The lowest BCUT2D eigenvalue weighted by molar-refractivity contribution is -0.141. The van der Waals surface area contributed by atoms with Crippen LogP contribution < -0.4 is 5.32 Å². The molecule has 2 rings (SSSR count). The van der Waals surface area contributed by atoms with Gasteiger partial charge in [0.2, 0.25) is 0 Å². The average Bonchev–Trinajstić information content (AvgIpc) is 2.86. The van der Waals surface area contributed by atoms with Crippen molar-refractivity contribution < 1.29 is 19.1 Å². The van der Waals surface area contributed by atoms with Crippen molar-refractivity contribution in [2.45, 2.75) is 31.9 Å². The fraction of sp³-hybridized carbons (Fsp3) is 0.583. The summed E-state index contributed by atoms with van der Waals surface area (Å²) in [7, 11) is 1.31. The molecule has 1 N–H and O–H groups in total. The number of carbonyl (C=O) groups excluding carboxylic acids is 2. The van der Waals surface area contributed by atoms with Crippen LogP contribution in [0.25, 0.3) is 0 Å². The minimum Gasteiger partial charge on any atom is -0.468 e. The van der Waals surface area contributed by atoms with Crippen molar-refractivity contribution in [3.63, 3.8) is 0 Å². The van der Waals surface area contributed by atoms with Gasteiger partial charge in [-0.3, -0.25) is 14.3 Å². The quantitative estimate of drug-likeness (QED) is 0.806. The van der Waals surface area contributed by atoms with Crippen LogP contribution in [0.2, 0.25) is 0 Å². The van der Waals surface area contributed by atoms with E-state index in [1.54, 1.807) is 6.20 Å². The van der Waals surface area contributed by atoms with E-state index in [9.17, 15) is 9.59 Å². The normalized spacial score (nSPS) is 18.9. The molecule has 0 radical (unpaired) electrons. The Hall–Kier alpha value is -1.89. The number of esters is 1. The molecule has 0 bridgehead atoms. The summed E-state index contributed by atoms with van der Waals surface area (Å²) in [5.41, 5.74) is 0.545. The molecule has 104 valence electrons. The third-order valence-corrected chi connectivity index (χ3v) is 2.89. The van der Waals surface area contributed by atoms with Gasteiger partial charge in [-0.15, -0.1) is 0 Å². The molecule has 1 saturated heterocycles. The summed E-state index contributed by atoms with van der Waals surface area (Å²) < 4.78 is 11.3. The van der Waals surface area contributed by atoms with Gasteiger partial charge in [0.25, 0.3) is 5.91 Å². The van der Waals surface area contributed by atoms with E-state index in [1.165, 1.54) is 18.0 Å². The van der Waals surface area contributed by atoms with Crippen molar-refractivity contribution in [2.24, 2.45) is 0 Å². The maximum absolute atomic E-state index is 11.9. The number of methoxy groups -OCH3 is 1. The summed E-state index contributed by atoms with van der Waals surface area (Å²) in [4.78, 5) is 23.0. The number of nitrogens with one attached hydrogen (secondary N) is 1. The molecule has 1 amide bonds. The van der Waals surface area contributed by atoms with Crippen molar-refractivity contribution >= 4 is 17.6 Å². The molecule has 2 heterocycles. The van der Waals surface area contributed by atoms with E-state index in [2.05, 4.69) is 15.2 Å². The highest BCUT2D eigenvalue weighted by atomic mass is 16.5. The fourth-order valence-electron chi connectivity index (χ4n) is 1.88. The number of rotatable bonds is 4. The average molecular weight is 267 g/mol. The van der Waals surface area contributed by atoms with Gasteiger partial charge < -0.3 is 14.8 Å². The van der Waals surface area contributed by atoms with Crippen molar-refractivity contribution in [3.05, 3.63) is 12.4 Å². The summed E-state index contributed by atoms with van der Waals surface area (Å²) >= 11 is 0. The molecular weight excluding hydrogens is 250 g/mol. The maximum Gasteiger partial charge on any atom is 0.327 e. The molecule has 1 unspecified atom stereocenters. The Kier molecular flexibility index (Phi) is 4.51. The Morgan fingerprint density at radius 3 is 3.11 bits per heavy atom. The smallest absolute Gasteiger partial charge is 0.327 e. The monoisotopic (exact) mass is 267 g/mol. The number of carbonyl (C=O) groups is 2. The summed E-state index contributed by atoms with van der Waals surface area (Å²) in [5, 5.41) is 6.69. The van der Waals surface area contributed by atoms with Gasteiger partial charge in [-0.1, -0.05) is 0 Å². The zero-order valence-corrected chi connectivity index (χ0v) is 10.8. The number of amides is 1. The molecule has 0 saturated carbocycles. The summed E-state index contributed by atoms with van der Waals surface area (Å²) in [5.74, 6) is -0.561. The molecule has 1 aromatic rings. The Balaban J connectivity index is 1.88. The van der Waals surface area contributed by atoms with Gasteiger partial charge in [0.15, 0.2) is 0 Å². The van der Waals surface area contributed by atoms with Crippen LogP contribution in [0.4, 0.5) is 5.69 Å². The van der Waals surface area contributed by atoms with Gasteiger partial charge in [-0.25, -0.2) is 0 Å². The molecule has 0 aromatic carbocycles. The topological polar surface area (TPSA) is 82.5 Å². The highest BCUT2D eigenvalue weighted by Crippen LogP contribution is 2.15. The third kappa shape index (κ3) is 3.78. The standard InChI is InChI=1S/C12H17N3O4/c1-18-11(16)8-15-7-9(6-13-15)14-12(17)10-4-2-3-5-19-10/h6-7,10H,2-5,8H2,1H3,(H,14,17). The fourth-order valence-corrected chi connectivity index (χ4v) is 1.88. The first-order chi connectivity index (χ1) is 9.19. The van der Waals surface area contributed by atoms with Gasteiger partial charge in [0.1, 0.15) is 12.6 Å². The number of aromatic nitrogens is 2. The first-order valence-electron chi connectivity index (χ1n) is 6.21. The molecule has 1 atom stereocenters. The van der Waals surface area contributed by atoms with E-state index in [0.717, 1.165) is 19.3 Å². The van der Waals surface area contributed by atoms with E-state index in [4.69, 9.17) is 4.74 Å². The molecule has 7 nitrogen and oxygen atoms in total. The minimum atomic E-state index is -0.392. The van der Waals surface area contributed by atoms with Crippen LogP contribution in [0.15, 0.2) is 12.4 Å². The molecule has 0 aliphatic carbocycles. The van der Waals surface area contributed by atoms with Gasteiger partial charge in [-0.05, 0) is 19.3 Å². The van der Waals surface area contributed by atoms with Crippen molar-refractivity contribution in [2.75, 3.05) is 19.0 Å². The van der Waals surface area contributed by atoms with Gasteiger partial charge in [-0.2, -0.15) is 5.10 Å². The molecule has 0 spiro atoms. The van der Waals surface area contributed by atoms with Gasteiger partial charge in [0.05, 0.1) is 19.0 Å². The van der Waals surface area contributed by atoms with E-state index >= 15 is 0 Å². The van der Waals surface area contributed by atoms with Crippen LogP contribution in [-0.2, 0) is 25.6 Å². The van der Waals surface area contributed by atoms with E-state index in [-0.39, 0.29) is 12.5 Å². The Morgan fingerprint density at radius 1 is 1.58 bits per heavy atom. The highest BCUT2D eigenvalue weighted by Gasteiger charge is 2.22. The second-order valence-electron chi connectivity index (χ2n) is 4.35. The number of ether oxygens (including phenoxy) is 2. The Bertz CT molecular complexity index is 452. The second-order valence-corrected chi connectivity index (χ2v) is 4.35. The predicted molar refractivity (Wildman–Crippen MR) is 66.5 cm³/mol. The number of hydrogen-bond acceptors (Lipinski definition) is 5. The van der Waals surface area contributed by atoms with Crippen LogP contribution in [-0.4, -0.2) is 41.5 Å². The summed E-state index contributed by atoms with van der Waals surface area (Å²) in [6.07, 6.45) is 5.42. The van der Waals surface area contributed by atoms with E-state index < -0.39 is 12.1 Å². The maximum atomic E-state index is 11.9. The van der Waals surface area contributed by atoms with Crippen LogP contribution >= 0.6 is 0 Å². The predicted octanol–water partition coefficient (Wildman–Crippen LogP) is 0.564. The zero-order valence-electron chi connectivity index (χ0n) is 10.8. The largest absolute Gasteiger partial charge is 0.468 e. The molecule has 1 fully saturated rings. The van der Waals surface area contributed by atoms with Gasteiger partial charge in [0, 0.05) is 12.8 Å². The van der Waals surface area contributed by atoms with Crippen LogP contribution in [0.3, 0.4) is 0 Å². The Morgan fingerprint density at radius 2 is 2.42 bits per heavy atom. The van der Waals surface area contributed by atoms with E-state index in [1.807, 2.05) is 0 Å². The molecule has 1 aliphatic rings. The zero-order chi connectivity index (χ0) is 13.7. The molecule has 1 aliphatic heterocycles. The number of nitrogens with zero attached hydrogens (tertiary/aromatic N) is 2. The van der Waals surface area contributed by atoms with Crippen LogP contribution in [0, 0.1) is 0 Å². The third-order valence-electron chi connectivity index (χ3n) is 2.89. The highest BCUT2D eigenvalue weighted by molar-refractivity contribution is 5.94. The number of hydrogen-bond donors (Lipinski definition) is 1.